The number of likely N-dealkylation sites (tertiary alicyclic amines) is 1. The summed E-state index contributed by atoms with van der Waals surface area (Å²) in [5.74, 6) is 0.565. The van der Waals surface area contributed by atoms with Crippen LogP contribution in [0.1, 0.15) is 39.5 Å². The molecule has 1 heterocycles. The maximum Gasteiger partial charge on any atom is 0.409 e. The van der Waals surface area contributed by atoms with Gasteiger partial charge in [-0.2, -0.15) is 0 Å². The summed E-state index contributed by atoms with van der Waals surface area (Å²) < 4.78 is 5.22. The molecule has 2 unspecified atom stereocenters. The van der Waals surface area contributed by atoms with Crippen LogP contribution in [0.2, 0.25) is 0 Å². The van der Waals surface area contributed by atoms with Crippen molar-refractivity contribution in [3.8, 4) is 0 Å². The van der Waals surface area contributed by atoms with Crippen LogP contribution in [0.5, 0.6) is 0 Å². The minimum atomic E-state index is -0.156. The number of amides is 1. The van der Waals surface area contributed by atoms with Gasteiger partial charge in [-0.15, -0.1) is 0 Å². The lowest BCUT2D eigenvalue weighted by Crippen LogP contribution is -2.46. The van der Waals surface area contributed by atoms with Gasteiger partial charge in [-0.25, -0.2) is 4.79 Å². The number of nitrogens with two attached hydrogens (primary N) is 1. The second kappa shape index (κ2) is 6.74. The van der Waals surface area contributed by atoms with Gasteiger partial charge in [-0.3, -0.25) is 0 Å². The molecule has 0 aliphatic carbocycles. The first-order chi connectivity index (χ1) is 7.69. The molecule has 2 N–H and O–H groups in total. The Balaban J connectivity index is 2.33. The molecule has 4 nitrogen and oxygen atoms in total. The van der Waals surface area contributed by atoms with Crippen molar-refractivity contribution in [2.24, 2.45) is 11.7 Å². The lowest BCUT2D eigenvalue weighted by Gasteiger charge is -2.36. The molecular formula is C12H24N2O2. The molecule has 94 valence electrons. The molecule has 1 saturated heterocycles. The van der Waals surface area contributed by atoms with Crippen LogP contribution in [0.3, 0.4) is 0 Å². The second-order valence-electron chi connectivity index (χ2n) is 4.64. The second-order valence-corrected chi connectivity index (χ2v) is 4.64. The summed E-state index contributed by atoms with van der Waals surface area (Å²) in [7, 11) is 0. The minimum absolute atomic E-state index is 0.156. The molecule has 1 rings (SSSR count). The lowest BCUT2D eigenvalue weighted by atomic mass is 9.92. The number of carbonyl (C=O) groups is 1. The van der Waals surface area contributed by atoms with Crippen molar-refractivity contribution in [2.45, 2.75) is 45.6 Å². The van der Waals surface area contributed by atoms with E-state index in [1.807, 2.05) is 4.90 Å². The molecule has 1 amide bonds. The number of hydrogen-bond acceptors (Lipinski definition) is 3. The van der Waals surface area contributed by atoms with Gasteiger partial charge in [0.1, 0.15) is 0 Å². The first kappa shape index (κ1) is 13.3. The monoisotopic (exact) mass is 228 g/mol. The Kier molecular flexibility index (Phi) is 5.60. The van der Waals surface area contributed by atoms with Crippen molar-refractivity contribution in [1.82, 2.24) is 4.90 Å². The normalized spacial score (nSPS) is 25.6. The van der Waals surface area contributed by atoms with Crippen LogP contribution in [0.15, 0.2) is 0 Å². The van der Waals surface area contributed by atoms with E-state index in [1.165, 1.54) is 0 Å². The molecule has 16 heavy (non-hydrogen) atoms. The summed E-state index contributed by atoms with van der Waals surface area (Å²) in [6.07, 6.45) is 3.84. The van der Waals surface area contributed by atoms with E-state index in [4.69, 9.17) is 10.5 Å². The fourth-order valence-electron chi connectivity index (χ4n) is 2.14. The van der Waals surface area contributed by atoms with Crippen molar-refractivity contribution in [2.75, 3.05) is 19.7 Å². The minimum Gasteiger partial charge on any atom is -0.449 e. The summed E-state index contributed by atoms with van der Waals surface area (Å²) >= 11 is 0. The van der Waals surface area contributed by atoms with Gasteiger partial charge in [-0.1, -0.05) is 13.3 Å². The number of unbranched alkanes of at least 4 members (excludes halogenated alkanes) is 1. The largest absolute Gasteiger partial charge is 0.449 e. The molecule has 0 aromatic heterocycles. The van der Waals surface area contributed by atoms with Crippen LogP contribution in [-0.2, 0) is 4.74 Å². The Hall–Kier alpha value is -0.770. The lowest BCUT2D eigenvalue weighted by molar-refractivity contribution is 0.0664. The zero-order valence-electron chi connectivity index (χ0n) is 10.4. The predicted octanol–water partition coefficient (Wildman–Crippen LogP) is 1.98. The van der Waals surface area contributed by atoms with Gasteiger partial charge in [0.25, 0.3) is 0 Å². The Morgan fingerprint density at radius 2 is 2.31 bits per heavy atom. The average molecular weight is 228 g/mol. The van der Waals surface area contributed by atoms with Crippen molar-refractivity contribution in [3.63, 3.8) is 0 Å². The van der Waals surface area contributed by atoms with Crippen molar-refractivity contribution in [3.05, 3.63) is 0 Å². The quantitative estimate of drug-likeness (QED) is 0.749. The summed E-state index contributed by atoms with van der Waals surface area (Å²) in [5.41, 5.74) is 5.65. The molecule has 0 radical (unpaired) electrons. The van der Waals surface area contributed by atoms with E-state index in [-0.39, 0.29) is 12.1 Å². The van der Waals surface area contributed by atoms with Crippen LogP contribution in [-0.4, -0.2) is 36.7 Å². The third-order valence-electron chi connectivity index (χ3n) is 3.28. The fraction of sp³-hybridized carbons (Fsp3) is 0.917. The Morgan fingerprint density at radius 3 is 2.88 bits per heavy atom. The molecule has 0 aromatic rings. The van der Waals surface area contributed by atoms with Crippen LogP contribution in [0, 0.1) is 5.92 Å². The van der Waals surface area contributed by atoms with E-state index < -0.39 is 0 Å². The summed E-state index contributed by atoms with van der Waals surface area (Å²) in [5, 5.41) is 0. The number of ether oxygens (including phenoxy) is 1. The third-order valence-corrected chi connectivity index (χ3v) is 3.28. The molecule has 0 saturated carbocycles. The Labute approximate surface area is 98.1 Å². The molecule has 4 heteroatoms. The molecule has 1 fully saturated rings. The van der Waals surface area contributed by atoms with Gasteiger partial charge >= 0.3 is 6.09 Å². The van der Waals surface area contributed by atoms with E-state index in [0.717, 1.165) is 38.8 Å². The summed E-state index contributed by atoms with van der Waals surface area (Å²) in [6.45, 7) is 6.21. The zero-order chi connectivity index (χ0) is 12.0. The predicted molar refractivity (Wildman–Crippen MR) is 64.2 cm³/mol. The highest BCUT2D eigenvalue weighted by atomic mass is 16.6. The van der Waals surface area contributed by atoms with Crippen LogP contribution < -0.4 is 5.73 Å². The number of rotatable bonds is 4. The van der Waals surface area contributed by atoms with Gasteiger partial charge in [0.15, 0.2) is 0 Å². The molecule has 0 spiro atoms. The van der Waals surface area contributed by atoms with Gasteiger partial charge in [0, 0.05) is 12.6 Å². The van der Waals surface area contributed by atoms with E-state index in [1.54, 1.807) is 0 Å². The van der Waals surface area contributed by atoms with Crippen molar-refractivity contribution >= 4 is 6.09 Å². The van der Waals surface area contributed by atoms with Gasteiger partial charge in [0.2, 0.25) is 0 Å². The first-order valence-corrected chi connectivity index (χ1v) is 6.32. The number of nitrogens with zero attached hydrogens (tertiary/aromatic N) is 1. The van der Waals surface area contributed by atoms with Crippen LogP contribution >= 0.6 is 0 Å². The van der Waals surface area contributed by atoms with E-state index in [0.29, 0.717) is 12.5 Å². The highest BCUT2D eigenvalue weighted by molar-refractivity contribution is 5.68. The third kappa shape index (κ3) is 3.67. The first-order valence-electron chi connectivity index (χ1n) is 6.32. The molecule has 0 bridgehead atoms. The Bertz CT molecular complexity index is 221. The summed E-state index contributed by atoms with van der Waals surface area (Å²) in [6, 6.07) is 0.261. The highest BCUT2D eigenvalue weighted by Crippen LogP contribution is 2.22. The van der Waals surface area contributed by atoms with Gasteiger partial charge < -0.3 is 15.4 Å². The molecule has 1 aliphatic rings. The number of piperidine rings is 1. The fourth-order valence-corrected chi connectivity index (χ4v) is 2.14. The number of carbonyl (C=O) groups excluding carboxylic acids is 1. The Morgan fingerprint density at radius 1 is 1.56 bits per heavy atom. The highest BCUT2D eigenvalue weighted by Gasteiger charge is 2.28. The van der Waals surface area contributed by atoms with Gasteiger partial charge in [-0.05, 0) is 38.6 Å². The zero-order valence-corrected chi connectivity index (χ0v) is 10.4. The van der Waals surface area contributed by atoms with E-state index >= 15 is 0 Å². The van der Waals surface area contributed by atoms with Crippen molar-refractivity contribution in [1.29, 1.82) is 0 Å². The van der Waals surface area contributed by atoms with E-state index in [2.05, 4.69) is 13.8 Å². The SMILES string of the molecule is CCCCOC(=O)N1CCC(CN)CC1C. The standard InChI is InChI=1S/C12H24N2O2/c1-3-4-7-16-12(15)14-6-5-11(9-13)8-10(14)2/h10-11H,3-9,13H2,1-2H3. The molecular weight excluding hydrogens is 204 g/mol. The maximum atomic E-state index is 11.8. The molecule has 1 aliphatic heterocycles. The average Bonchev–Trinajstić information content (AvgIpc) is 2.29. The maximum absolute atomic E-state index is 11.8. The smallest absolute Gasteiger partial charge is 0.409 e. The van der Waals surface area contributed by atoms with Crippen LogP contribution in [0.25, 0.3) is 0 Å². The molecule has 2 atom stereocenters. The topological polar surface area (TPSA) is 55.6 Å². The van der Waals surface area contributed by atoms with Gasteiger partial charge in [0.05, 0.1) is 6.61 Å². The van der Waals surface area contributed by atoms with Crippen molar-refractivity contribution < 1.29 is 9.53 Å². The summed E-state index contributed by atoms with van der Waals surface area (Å²) in [4.78, 5) is 13.6. The molecule has 0 aromatic carbocycles. The number of hydrogen-bond donors (Lipinski definition) is 1. The van der Waals surface area contributed by atoms with Crippen LogP contribution in [0.4, 0.5) is 4.79 Å². The van der Waals surface area contributed by atoms with E-state index in [9.17, 15) is 4.79 Å².